The standard InChI is InChI=1S/C27H38N2O3/c1-27(2,3)32-26(31)28-24(21-23-18-12-8-13-19-23)25(30)29(4)20-14-6-5-9-15-22-16-10-7-11-17-22/h7-8,10-13,16-19,24H,5-6,9,14-15,20-21H2,1-4H3,(H,28,31)/t24-/m0/s1. The topological polar surface area (TPSA) is 58.6 Å². The fourth-order valence-corrected chi connectivity index (χ4v) is 3.55. The Hall–Kier alpha value is -2.82. The highest BCUT2D eigenvalue weighted by atomic mass is 16.6. The van der Waals surface area contributed by atoms with E-state index < -0.39 is 17.7 Å². The van der Waals surface area contributed by atoms with Gasteiger partial charge in [0.1, 0.15) is 11.6 Å². The molecule has 0 fully saturated rings. The highest BCUT2D eigenvalue weighted by Gasteiger charge is 2.26. The molecule has 0 unspecified atom stereocenters. The normalized spacial score (nSPS) is 12.1. The number of nitrogens with one attached hydrogen (secondary N) is 1. The fourth-order valence-electron chi connectivity index (χ4n) is 3.55. The Morgan fingerprint density at radius 2 is 1.44 bits per heavy atom. The third-order valence-electron chi connectivity index (χ3n) is 5.20. The molecule has 174 valence electrons. The van der Waals surface area contributed by atoms with Crippen molar-refractivity contribution >= 4 is 12.0 Å². The number of hydrogen-bond donors (Lipinski definition) is 1. The van der Waals surface area contributed by atoms with Crippen LogP contribution in [-0.4, -0.2) is 42.1 Å². The first-order valence-corrected chi connectivity index (χ1v) is 11.6. The number of carbonyl (C=O) groups is 2. The lowest BCUT2D eigenvalue weighted by Gasteiger charge is -2.26. The second-order valence-corrected chi connectivity index (χ2v) is 9.30. The van der Waals surface area contributed by atoms with Crippen LogP contribution in [-0.2, 0) is 22.4 Å². The minimum Gasteiger partial charge on any atom is -0.444 e. The lowest BCUT2D eigenvalue weighted by molar-refractivity contribution is -0.132. The number of amides is 2. The summed E-state index contributed by atoms with van der Waals surface area (Å²) in [5.74, 6) is -0.0935. The van der Waals surface area contributed by atoms with E-state index in [1.54, 1.807) is 11.9 Å². The van der Waals surface area contributed by atoms with Gasteiger partial charge in [0.2, 0.25) is 5.91 Å². The van der Waals surface area contributed by atoms with Crippen LogP contribution >= 0.6 is 0 Å². The molecule has 5 nitrogen and oxygen atoms in total. The van der Waals surface area contributed by atoms with Crippen LogP contribution in [0.1, 0.15) is 57.6 Å². The first-order chi connectivity index (χ1) is 15.2. The van der Waals surface area contributed by atoms with E-state index in [4.69, 9.17) is 4.74 Å². The third-order valence-corrected chi connectivity index (χ3v) is 5.20. The van der Waals surface area contributed by atoms with Gasteiger partial charge in [-0.15, -0.1) is 0 Å². The third kappa shape index (κ3) is 9.99. The Balaban J connectivity index is 1.82. The molecule has 2 rings (SSSR count). The maximum atomic E-state index is 13.1. The van der Waals surface area contributed by atoms with Crippen molar-refractivity contribution < 1.29 is 14.3 Å². The summed E-state index contributed by atoms with van der Waals surface area (Å²) in [6.45, 7) is 6.10. The van der Waals surface area contributed by atoms with Gasteiger partial charge in [0, 0.05) is 20.0 Å². The van der Waals surface area contributed by atoms with Crippen molar-refractivity contribution in [2.45, 2.75) is 70.9 Å². The number of aryl methyl sites for hydroxylation is 1. The maximum Gasteiger partial charge on any atom is 0.408 e. The lowest BCUT2D eigenvalue weighted by atomic mass is 10.0. The number of rotatable bonds is 11. The number of hydrogen-bond acceptors (Lipinski definition) is 3. The van der Waals surface area contributed by atoms with Gasteiger partial charge in [-0.2, -0.15) is 0 Å². The van der Waals surface area contributed by atoms with Crippen LogP contribution in [0.2, 0.25) is 0 Å². The molecule has 5 heteroatoms. The SMILES string of the molecule is CN(CCCCCCc1ccccc1)C(=O)[C@H](Cc1ccccc1)NC(=O)OC(C)(C)C. The molecular formula is C27H38N2O3. The largest absolute Gasteiger partial charge is 0.444 e. The van der Waals surface area contributed by atoms with Crippen molar-refractivity contribution in [2.24, 2.45) is 0 Å². The van der Waals surface area contributed by atoms with Crippen molar-refractivity contribution in [1.29, 1.82) is 0 Å². The molecule has 0 aromatic heterocycles. The molecule has 0 aliphatic carbocycles. The number of alkyl carbamates (subject to hydrolysis) is 1. The monoisotopic (exact) mass is 438 g/mol. The molecule has 0 aliphatic heterocycles. The highest BCUT2D eigenvalue weighted by molar-refractivity contribution is 5.85. The first kappa shape index (κ1) is 25.4. The summed E-state index contributed by atoms with van der Waals surface area (Å²) in [5, 5.41) is 2.78. The summed E-state index contributed by atoms with van der Waals surface area (Å²) < 4.78 is 5.38. The van der Waals surface area contributed by atoms with E-state index in [2.05, 4.69) is 29.6 Å². The summed E-state index contributed by atoms with van der Waals surface area (Å²) in [5.41, 5.74) is 1.75. The van der Waals surface area contributed by atoms with Gasteiger partial charge in [-0.3, -0.25) is 4.79 Å². The van der Waals surface area contributed by atoms with Gasteiger partial charge in [0.05, 0.1) is 0 Å². The van der Waals surface area contributed by atoms with Gasteiger partial charge in [-0.1, -0.05) is 73.5 Å². The molecule has 0 heterocycles. The molecule has 0 bridgehead atoms. The summed E-state index contributed by atoms with van der Waals surface area (Å²) in [4.78, 5) is 27.2. The van der Waals surface area contributed by atoms with Gasteiger partial charge in [0.25, 0.3) is 0 Å². The van der Waals surface area contributed by atoms with Crippen LogP contribution in [0.5, 0.6) is 0 Å². The van der Waals surface area contributed by atoms with Gasteiger partial charge >= 0.3 is 6.09 Å². The van der Waals surface area contributed by atoms with Crippen molar-refractivity contribution in [1.82, 2.24) is 10.2 Å². The van der Waals surface area contributed by atoms with E-state index in [9.17, 15) is 9.59 Å². The van der Waals surface area contributed by atoms with Crippen molar-refractivity contribution in [2.75, 3.05) is 13.6 Å². The molecule has 0 spiro atoms. The van der Waals surface area contributed by atoms with E-state index in [0.29, 0.717) is 13.0 Å². The minimum atomic E-state index is -0.657. The van der Waals surface area contributed by atoms with E-state index >= 15 is 0 Å². The fraction of sp³-hybridized carbons (Fsp3) is 0.481. The van der Waals surface area contributed by atoms with Crippen LogP contribution in [0.15, 0.2) is 60.7 Å². The zero-order valence-corrected chi connectivity index (χ0v) is 20.0. The zero-order chi connectivity index (χ0) is 23.4. The Morgan fingerprint density at radius 3 is 2.03 bits per heavy atom. The number of ether oxygens (including phenoxy) is 1. The highest BCUT2D eigenvalue weighted by Crippen LogP contribution is 2.11. The van der Waals surface area contributed by atoms with Crippen molar-refractivity contribution in [3.63, 3.8) is 0 Å². The molecule has 0 saturated heterocycles. The van der Waals surface area contributed by atoms with Crippen LogP contribution in [0.3, 0.4) is 0 Å². The lowest BCUT2D eigenvalue weighted by Crippen LogP contribution is -2.50. The summed E-state index contributed by atoms with van der Waals surface area (Å²) >= 11 is 0. The van der Waals surface area contributed by atoms with E-state index in [1.807, 2.05) is 57.2 Å². The van der Waals surface area contributed by atoms with E-state index in [0.717, 1.165) is 37.7 Å². The maximum absolute atomic E-state index is 13.1. The number of likely N-dealkylation sites (N-methyl/N-ethyl adjacent to an activating group) is 1. The summed E-state index contributed by atoms with van der Waals surface area (Å²) in [6.07, 6.45) is 5.27. The molecule has 2 amide bonds. The van der Waals surface area contributed by atoms with E-state index in [-0.39, 0.29) is 5.91 Å². The number of benzene rings is 2. The minimum absolute atomic E-state index is 0.0935. The summed E-state index contributed by atoms with van der Waals surface area (Å²) in [6, 6.07) is 19.6. The van der Waals surface area contributed by atoms with Gasteiger partial charge in [-0.05, 0) is 51.2 Å². The number of nitrogens with zero attached hydrogens (tertiary/aromatic N) is 1. The van der Waals surface area contributed by atoms with Crippen LogP contribution in [0.25, 0.3) is 0 Å². The second kappa shape index (κ2) is 12.9. The van der Waals surface area contributed by atoms with Crippen LogP contribution in [0.4, 0.5) is 4.79 Å². The predicted octanol–water partition coefficient (Wildman–Crippen LogP) is 5.38. The molecule has 1 N–H and O–H groups in total. The average Bonchev–Trinajstić information content (AvgIpc) is 2.75. The molecular weight excluding hydrogens is 400 g/mol. The van der Waals surface area contributed by atoms with Gasteiger partial charge in [-0.25, -0.2) is 4.79 Å². The van der Waals surface area contributed by atoms with E-state index in [1.165, 1.54) is 5.56 Å². The van der Waals surface area contributed by atoms with Crippen molar-refractivity contribution in [3.8, 4) is 0 Å². The first-order valence-electron chi connectivity index (χ1n) is 11.6. The smallest absolute Gasteiger partial charge is 0.408 e. The quantitative estimate of drug-likeness (QED) is 0.479. The van der Waals surface area contributed by atoms with Crippen molar-refractivity contribution in [3.05, 3.63) is 71.8 Å². The van der Waals surface area contributed by atoms with Crippen LogP contribution < -0.4 is 5.32 Å². The molecule has 1 atom stereocenters. The zero-order valence-electron chi connectivity index (χ0n) is 20.0. The van der Waals surface area contributed by atoms with Gasteiger partial charge < -0.3 is 15.0 Å². The Bertz CT molecular complexity index is 816. The Labute approximate surface area is 193 Å². The molecule has 2 aromatic rings. The summed E-state index contributed by atoms with van der Waals surface area (Å²) in [7, 11) is 1.81. The molecule has 0 radical (unpaired) electrons. The second-order valence-electron chi connectivity index (χ2n) is 9.30. The Kier molecular flexibility index (Phi) is 10.3. The molecule has 2 aromatic carbocycles. The molecule has 32 heavy (non-hydrogen) atoms. The number of carbonyl (C=O) groups excluding carboxylic acids is 2. The molecule has 0 saturated carbocycles. The number of unbranched alkanes of at least 4 members (excludes halogenated alkanes) is 3. The van der Waals surface area contributed by atoms with Gasteiger partial charge in [0.15, 0.2) is 0 Å². The average molecular weight is 439 g/mol. The molecule has 0 aliphatic rings. The Morgan fingerprint density at radius 1 is 0.875 bits per heavy atom. The predicted molar refractivity (Wildman–Crippen MR) is 130 cm³/mol. The van der Waals surface area contributed by atoms with Crippen LogP contribution in [0, 0.1) is 0 Å².